The van der Waals surface area contributed by atoms with Crippen LogP contribution in [-0.4, -0.2) is 36.9 Å². The zero-order valence-corrected chi connectivity index (χ0v) is 15.9. The molecule has 140 valence electrons. The highest BCUT2D eigenvalue weighted by atomic mass is 32.2. The predicted molar refractivity (Wildman–Crippen MR) is 96.6 cm³/mol. The summed E-state index contributed by atoms with van der Waals surface area (Å²) >= 11 is 1.01. The molecule has 0 aliphatic heterocycles. The molecule has 10 heteroatoms. The van der Waals surface area contributed by atoms with Crippen LogP contribution in [0.3, 0.4) is 0 Å². The average Bonchev–Trinajstić information content (AvgIpc) is 2.97. The van der Waals surface area contributed by atoms with Gasteiger partial charge in [0.1, 0.15) is 9.88 Å². The monoisotopic (exact) mass is 397 g/mol. The molecule has 0 aliphatic carbocycles. The van der Waals surface area contributed by atoms with E-state index in [4.69, 9.17) is 5.11 Å². The van der Waals surface area contributed by atoms with Crippen molar-refractivity contribution >= 4 is 33.2 Å². The van der Waals surface area contributed by atoms with Gasteiger partial charge in [0, 0.05) is 13.0 Å². The number of amides is 1. The van der Waals surface area contributed by atoms with E-state index >= 15 is 0 Å². The Hall–Kier alpha value is -2.30. The first-order valence-corrected chi connectivity index (χ1v) is 10.1. The molecule has 0 saturated carbocycles. The van der Waals surface area contributed by atoms with Crippen molar-refractivity contribution in [2.24, 2.45) is 0 Å². The van der Waals surface area contributed by atoms with Crippen molar-refractivity contribution < 1.29 is 23.1 Å². The lowest BCUT2D eigenvalue weighted by Crippen LogP contribution is -2.32. The maximum atomic E-state index is 12.1. The number of aryl methyl sites for hydroxylation is 1. The lowest BCUT2D eigenvalue weighted by Gasteiger charge is -2.11. The first-order chi connectivity index (χ1) is 12.2. The van der Waals surface area contributed by atoms with E-state index in [0.717, 1.165) is 11.3 Å². The molecule has 0 bridgehead atoms. The van der Waals surface area contributed by atoms with Gasteiger partial charge in [-0.05, 0) is 26.0 Å². The number of nitrogens with zero attached hydrogens (tertiary/aromatic N) is 1. The number of aromatic carboxylic acids is 1. The van der Waals surface area contributed by atoms with Crippen LogP contribution >= 0.6 is 11.3 Å². The molecule has 1 amide bonds. The summed E-state index contributed by atoms with van der Waals surface area (Å²) < 4.78 is 26.5. The van der Waals surface area contributed by atoms with E-state index in [1.54, 1.807) is 32.0 Å². The third kappa shape index (κ3) is 5.10. The lowest BCUT2D eigenvalue weighted by molar-refractivity contribution is -0.121. The van der Waals surface area contributed by atoms with Crippen LogP contribution in [0.25, 0.3) is 0 Å². The standard InChI is InChI=1S/C16H19N3O5S2/c1-10-14(16(21)22)25-15(19-10)11(2)18-13(20)8-9-17-26(23,24)12-6-4-3-5-7-12/h3-7,11,17H,8-9H2,1-2H3,(H,18,20)(H,21,22). The average molecular weight is 397 g/mol. The fourth-order valence-corrected chi connectivity index (χ4v) is 4.12. The highest BCUT2D eigenvalue weighted by molar-refractivity contribution is 7.89. The molecule has 1 heterocycles. The molecule has 1 atom stereocenters. The summed E-state index contributed by atoms with van der Waals surface area (Å²) in [5, 5.41) is 12.2. The molecule has 2 rings (SSSR count). The second-order valence-corrected chi connectivity index (χ2v) is 8.32. The normalized spacial score (nSPS) is 12.5. The van der Waals surface area contributed by atoms with Gasteiger partial charge in [0.05, 0.1) is 16.6 Å². The third-order valence-electron chi connectivity index (χ3n) is 3.45. The molecule has 1 unspecified atom stereocenters. The van der Waals surface area contributed by atoms with E-state index in [2.05, 4.69) is 15.0 Å². The van der Waals surface area contributed by atoms with E-state index in [1.807, 2.05) is 0 Å². The molecule has 0 spiro atoms. The van der Waals surface area contributed by atoms with Crippen LogP contribution in [0.4, 0.5) is 0 Å². The molecule has 26 heavy (non-hydrogen) atoms. The number of carboxylic acids is 1. The smallest absolute Gasteiger partial charge is 0.347 e. The van der Waals surface area contributed by atoms with Gasteiger partial charge in [-0.3, -0.25) is 4.79 Å². The molecule has 3 N–H and O–H groups in total. The SMILES string of the molecule is Cc1nc(C(C)NC(=O)CCNS(=O)(=O)c2ccccc2)sc1C(=O)O. The van der Waals surface area contributed by atoms with Crippen molar-refractivity contribution in [2.75, 3.05) is 6.54 Å². The second-order valence-electron chi connectivity index (χ2n) is 5.52. The fraction of sp³-hybridized carbons (Fsp3) is 0.312. The lowest BCUT2D eigenvalue weighted by atomic mass is 10.3. The number of benzene rings is 1. The minimum absolute atomic E-state index is 0.0486. The molecule has 1 aromatic carbocycles. The molecular formula is C16H19N3O5S2. The number of carbonyl (C=O) groups is 2. The topological polar surface area (TPSA) is 125 Å². The number of nitrogens with one attached hydrogen (secondary N) is 2. The summed E-state index contributed by atoms with van der Waals surface area (Å²) in [6, 6.07) is 7.41. The minimum Gasteiger partial charge on any atom is -0.477 e. The Kier molecular flexibility index (Phi) is 6.46. The van der Waals surface area contributed by atoms with Crippen LogP contribution < -0.4 is 10.0 Å². The van der Waals surface area contributed by atoms with Crippen molar-refractivity contribution in [2.45, 2.75) is 31.2 Å². The molecule has 2 aromatic rings. The maximum absolute atomic E-state index is 12.1. The number of aromatic nitrogens is 1. The highest BCUT2D eigenvalue weighted by Crippen LogP contribution is 2.23. The van der Waals surface area contributed by atoms with E-state index in [-0.39, 0.29) is 28.6 Å². The van der Waals surface area contributed by atoms with E-state index in [0.29, 0.717) is 10.7 Å². The van der Waals surface area contributed by atoms with Crippen LogP contribution in [0.1, 0.15) is 39.8 Å². The molecule has 0 aliphatic rings. The Bertz CT molecular complexity index is 894. The predicted octanol–water partition coefficient (Wildman–Crippen LogP) is 1.70. The summed E-state index contributed by atoms with van der Waals surface area (Å²) in [6.07, 6.45) is -0.0491. The van der Waals surface area contributed by atoms with Crippen molar-refractivity contribution in [3.63, 3.8) is 0 Å². The third-order valence-corrected chi connectivity index (χ3v) is 6.26. The Labute approximate surface area is 155 Å². The summed E-state index contributed by atoms with van der Waals surface area (Å²) in [6.45, 7) is 3.24. The first-order valence-electron chi connectivity index (χ1n) is 7.75. The quantitative estimate of drug-likeness (QED) is 0.622. The number of rotatable bonds is 8. The van der Waals surface area contributed by atoms with Crippen LogP contribution in [0.2, 0.25) is 0 Å². The van der Waals surface area contributed by atoms with Gasteiger partial charge < -0.3 is 10.4 Å². The van der Waals surface area contributed by atoms with Gasteiger partial charge in [0.25, 0.3) is 0 Å². The van der Waals surface area contributed by atoms with Crippen molar-refractivity contribution in [3.05, 3.63) is 45.9 Å². The number of hydrogen-bond acceptors (Lipinski definition) is 6. The van der Waals surface area contributed by atoms with Gasteiger partial charge in [-0.1, -0.05) is 18.2 Å². The fourth-order valence-electron chi connectivity index (χ4n) is 2.16. The van der Waals surface area contributed by atoms with Crippen LogP contribution in [0.5, 0.6) is 0 Å². The van der Waals surface area contributed by atoms with Crippen LogP contribution in [0, 0.1) is 6.92 Å². The Balaban J connectivity index is 1.87. The van der Waals surface area contributed by atoms with Gasteiger partial charge in [0.2, 0.25) is 15.9 Å². The number of carbonyl (C=O) groups excluding carboxylic acids is 1. The van der Waals surface area contributed by atoms with Crippen LogP contribution in [0.15, 0.2) is 35.2 Å². The largest absolute Gasteiger partial charge is 0.477 e. The molecule has 0 saturated heterocycles. The minimum atomic E-state index is -3.65. The zero-order chi connectivity index (χ0) is 19.3. The molecular weight excluding hydrogens is 378 g/mol. The molecule has 0 radical (unpaired) electrons. The zero-order valence-electron chi connectivity index (χ0n) is 14.2. The summed E-state index contributed by atoms with van der Waals surface area (Å²) in [5.41, 5.74) is 0.397. The number of sulfonamides is 1. The van der Waals surface area contributed by atoms with Gasteiger partial charge in [-0.15, -0.1) is 11.3 Å². The summed E-state index contributed by atoms with van der Waals surface area (Å²) in [5.74, 6) is -1.42. The van der Waals surface area contributed by atoms with Crippen molar-refractivity contribution in [1.29, 1.82) is 0 Å². The first kappa shape index (κ1) is 20.0. The van der Waals surface area contributed by atoms with Crippen molar-refractivity contribution in [1.82, 2.24) is 15.0 Å². The van der Waals surface area contributed by atoms with Gasteiger partial charge in [0.15, 0.2) is 0 Å². The Morgan fingerprint density at radius 1 is 1.27 bits per heavy atom. The second kappa shape index (κ2) is 8.39. The Morgan fingerprint density at radius 3 is 2.50 bits per heavy atom. The van der Waals surface area contributed by atoms with E-state index < -0.39 is 22.0 Å². The number of thiazole rings is 1. The van der Waals surface area contributed by atoms with E-state index in [1.165, 1.54) is 12.1 Å². The summed E-state index contributed by atoms with van der Waals surface area (Å²) in [4.78, 5) is 27.5. The number of carboxylic acid groups (broad SMARTS) is 1. The summed E-state index contributed by atoms with van der Waals surface area (Å²) in [7, 11) is -3.65. The molecule has 8 nitrogen and oxygen atoms in total. The Morgan fingerprint density at radius 2 is 1.92 bits per heavy atom. The maximum Gasteiger partial charge on any atom is 0.347 e. The van der Waals surface area contributed by atoms with Crippen LogP contribution in [-0.2, 0) is 14.8 Å². The van der Waals surface area contributed by atoms with Gasteiger partial charge in [-0.2, -0.15) is 0 Å². The highest BCUT2D eigenvalue weighted by Gasteiger charge is 2.19. The molecule has 0 fully saturated rings. The van der Waals surface area contributed by atoms with Crippen molar-refractivity contribution in [3.8, 4) is 0 Å². The van der Waals surface area contributed by atoms with Gasteiger partial charge >= 0.3 is 5.97 Å². The molecule has 1 aromatic heterocycles. The van der Waals surface area contributed by atoms with Gasteiger partial charge in [-0.25, -0.2) is 22.9 Å². The van der Waals surface area contributed by atoms with E-state index in [9.17, 15) is 18.0 Å². The number of hydrogen-bond donors (Lipinski definition) is 3.